The lowest BCUT2D eigenvalue weighted by Crippen LogP contribution is -2.49. The molecular formula is C16H20ClF4N3O. The van der Waals surface area contributed by atoms with Gasteiger partial charge in [-0.25, -0.2) is 4.39 Å². The van der Waals surface area contributed by atoms with Gasteiger partial charge in [0.05, 0.1) is 11.1 Å². The summed E-state index contributed by atoms with van der Waals surface area (Å²) >= 11 is 0. The molecule has 0 saturated carbocycles. The average molecular weight is 382 g/mol. The third-order valence-corrected chi connectivity index (χ3v) is 4.65. The van der Waals surface area contributed by atoms with Crippen LogP contribution in [0.1, 0.15) is 22.3 Å². The molecule has 1 aromatic rings. The Morgan fingerprint density at radius 2 is 1.84 bits per heavy atom. The van der Waals surface area contributed by atoms with Crippen molar-refractivity contribution in [3.8, 4) is 0 Å². The number of nitrogens with one attached hydrogen (secondary N) is 1. The van der Waals surface area contributed by atoms with Gasteiger partial charge in [0.25, 0.3) is 5.91 Å². The van der Waals surface area contributed by atoms with Crippen molar-refractivity contribution in [2.45, 2.75) is 18.6 Å². The SMILES string of the molecule is Cl.O=C(c1cccc(C(F)(F)F)c1F)N1CCC(N2CCNCC2)C1. The minimum Gasteiger partial charge on any atom is -0.337 e. The van der Waals surface area contributed by atoms with Gasteiger partial charge in [0.15, 0.2) is 0 Å². The Morgan fingerprint density at radius 1 is 1.16 bits per heavy atom. The van der Waals surface area contributed by atoms with E-state index in [0.29, 0.717) is 19.2 Å². The minimum atomic E-state index is -4.81. The Hall–Kier alpha value is -1.38. The maximum Gasteiger partial charge on any atom is 0.419 e. The van der Waals surface area contributed by atoms with E-state index in [0.717, 1.165) is 44.7 Å². The van der Waals surface area contributed by atoms with Crippen molar-refractivity contribution in [2.24, 2.45) is 0 Å². The molecule has 25 heavy (non-hydrogen) atoms. The van der Waals surface area contributed by atoms with Gasteiger partial charge in [0.1, 0.15) is 5.82 Å². The summed E-state index contributed by atoms with van der Waals surface area (Å²) in [5.74, 6) is -2.16. The molecule has 9 heteroatoms. The summed E-state index contributed by atoms with van der Waals surface area (Å²) in [5, 5.41) is 3.25. The van der Waals surface area contributed by atoms with Crippen molar-refractivity contribution in [3.05, 3.63) is 35.1 Å². The molecule has 0 spiro atoms. The molecule has 140 valence electrons. The molecule has 1 unspecified atom stereocenters. The predicted molar refractivity (Wildman–Crippen MR) is 87.4 cm³/mol. The number of hydrogen-bond acceptors (Lipinski definition) is 3. The maximum atomic E-state index is 14.1. The molecule has 3 rings (SSSR count). The van der Waals surface area contributed by atoms with Crippen molar-refractivity contribution in [2.75, 3.05) is 39.3 Å². The number of carbonyl (C=O) groups excluding carboxylic acids is 1. The summed E-state index contributed by atoms with van der Waals surface area (Å²) < 4.78 is 52.5. The van der Waals surface area contributed by atoms with Gasteiger partial charge in [-0.1, -0.05) is 6.07 Å². The Labute approximate surface area is 149 Å². The van der Waals surface area contributed by atoms with E-state index in [1.165, 1.54) is 4.90 Å². The molecule has 1 N–H and O–H groups in total. The van der Waals surface area contributed by atoms with E-state index in [1.807, 2.05) is 0 Å². The van der Waals surface area contributed by atoms with Crippen LogP contribution in [0.2, 0.25) is 0 Å². The molecule has 1 atom stereocenters. The fourth-order valence-electron chi connectivity index (χ4n) is 3.36. The van der Waals surface area contributed by atoms with Crippen LogP contribution in [0.5, 0.6) is 0 Å². The van der Waals surface area contributed by atoms with Crippen molar-refractivity contribution in [1.82, 2.24) is 15.1 Å². The monoisotopic (exact) mass is 381 g/mol. The second kappa shape index (κ2) is 7.88. The Bertz CT molecular complexity index is 620. The highest BCUT2D eigenvalue weighted by atomic mass is 35.5. The van der Waals surface area contributed by atoms with E-state index in [9.17, 15) is 22.4 Å². The molecule has 2 heterocycles. The molecule has 2 fully saturated rings. The van der Waals surface area contributed by atoms with Crippen LogP contribution in [0, 0.1) is 5.82 Å². The number of alkyl halides is 3. The molecule has 2 aliphatic heterocycles. The lowest BCUT2D eigenvalue weighted by atomic mass is 10.1. The number of benzene rings is 1. The number of rotatable bonds is 2. The Morgan fingerprint density at radius 3 is 2.48 bits per heavy atom. The van der Waals surface area contributed by atoms with Gasteiger partial charge in [-0.05, 0) is 18.6 Å². The molecule has 0 radical (unpaired) electrons. The number of hydrogen-bond donors (Lipinski definition) is 1. The third kappa shape index (κ3) is 4.24. The first-order chi connectivity index (χ1) is 11.4. The number of halogens is 5. The van der Waals surface area contributed by atoms with Gasteiger partial charge in [-0.2, -0.15) is 13.2 Å². The van der Waals surface area contributed by atoms with Crippen LogP contribution in [0.3, 0.4) is 0 Å². The summed E-state index contributed by atoms with van der Waals surface area (Å²) in [6, 6.07) is 3.03. The normalized spacial score (nSPS) is 21.9. The van der Waals surface area contributed by atoms with Crippen molar-refractivity contribution >= 4 is 18.3 Å². The van der Waals surface area contributed by atoms with Crippen LogP contribution in [0.25, 0.3) is 0 Å². The standard InChI is InChI=1S/C16H19F4N3O.ClH/c17-14-12(2-1-3-13(14)16(18,19)20)15(24)23-7-4-11(10-23)22-8-5-21-6-9-22;/h1-3,11,21H,4-10H2;1H. The van der Waals surface area contributed by atoms with Gasteiger partial charge in [0, 0.05) is 45.3 Å². The maximum absolute atomic E-state index is 14.1. The van der Waals surface area contributed by atoms with Crippen LogP contribution < -0.4 is 5.32 Å². The quantitative estimate of drug-likeness (QED) is 0.799. The highest BCUT2D eigenvalue weighted by Gasteiger charge is 2.37. The van der Waals surface area contributed by atoms with E-state index < -0.39 is 29.0 Å². The van der Waals surface area contributed by atoms with Crippen molar-refractivity contribution in [3.63, 3.8) is 0 Å². The van der Waals surface area contributed by atoms with E-state index >= 15 is 0 Å². The van der Waals surface area contributed by atoms with Crippen LogP contribution in [-0.2, 0) is 6.18 Å². The summed E-state index contributed by atoms with van der Waals surface area (Å²) in [6.45, 7) is 4.38. The third-order valence-electron chi connectivity index (χ3n) is 4.65. The Balaban J connectivity index is 0.00000225. The molecule has 0 aliphatic carbocycles. The molecule has 2 saturated heterocycles. The average Bonchev–Trinajstić information content (AvgIpc) is 3.04. The summed E-state index contributed by atoms with van der Waals surface area (Å²) in [5.41, 5.74) is -1.91. The molecule has 4 nitrogen and oxygen atoms in total. The zero-order valence-corrected chi connectivity index (χ0v) is 14.3. The number of piperazine rings is 1. The lowest BCUT2D eigenvalue weighted by molar-refractivity contribution is -0.140. The lowest BCUT2D eigenvalue weighted by Gasteiger charge is -2.32. The zero-order valence-electron chi connectivity index (χ0n) is 13.5. The van der Waals surface area contributed by atoms with E-state index in [2.05, 4.69) is 10.2 Å². The van der Waals surface area contributed by atoms with Crippen LogP contribution in [0.4, 0.5) is 17.6 Å². The van der Waals surface area contributed by atoms with Gasteiger partial charge >= 0.3 is 6.18 Å². The van der Waals surface area contributed by atoms with E-state index in [1.54, 1.807) is 0 Å². The minimum absolute atomic E-state index is 0. The summed E-state index contributed by atoms with van der Waals surface area (Å²) in [7, 11) is 0. The van der Waals surface area contributed by atoms with Crippen LogP contribution in [0.15, 0.2) is 18.2 Å². The molecule has 1 aromatic carbocycles. The molecule has 0 aromatic heterocycles. The molecule has 2 aliphatic rings. The van der Waals surface area contributed by atoms with Gasteiger partial charge < -0.3 is 10.2 Å². The number of likely N-dealkylation sites (tertiary alicyclic amines) is 1. The van der Waals surface area contributed by atoms with Crippen LogP contribution >= 0.6 is 12.4 Å². The molecule has 1 amide bonds. The zero-order chi connectivity index (χ0) is 17.3. The fraction of sp³-hybridized carbons (Fsp3) is 0.562. The second-order valence-electron chi connectivity index (χ2n) is 6.14. The van der Waals surface area contributed by atoms with Gasteiger partial charge in [-0.15, -0.1) is 12.4 Å². The van der Waals surface area contributed by atoms with Crippen molar-refractivity contribution < 1.29 is 22.4 Å². The van der Waals surface area contributed by atoms with E-state index in [-0.39, 0.29) is 18.4 Å². The van der Waals surface area contributed by atoms with Gasteiger partial charge in [-0.3, -0.25) is 9.69 Å². The fourth-order valence-corrected chi connectivity index (χ4v) is 3.36. The smallest absolute Gasteiger partial charge is 0.337 e. The number of amides is 1. The summed E-state index contributed by atoms with van der Waals surface area (Å²) in [4.78, 5) is 16.2. The topological polar surface area (TPSA) is 35.6 Å². The van der Waals surface area contributed by atoms with Gasteiger partial charge in [0.2, 0.25) is 0 Å². The first-order valence-electron chi connectivity index (χ1n) is 7.97. The number of nitrogens with zero attached hydrogens (tertiary/aromatic N) is 2. The summed E-state index contributed by atoms with van der Waals surface area (Å²) in [6.07, 6.45) is -4.05. The molecular weight excluding hydrogens is 362 g/mol. The van der Waals surface area contributed by atoms with Crippen LogP contribution in [-0.4, -0.2) is 61.0 Å². The second-order valence-corrected chi connectivity index (χ2v) is 6.14. The first-order valence-corrected chi connectivity index (χ1v) is 7.97. The first kappa shape index (κ1) is 19.9. The number of carbonyl (C=O) groups is 1. The van der Waals surface area contributed by atoms with E-state index in [4.69, 9.17) is 0 Å². The highest BCUT2D eigenvalue weighted by molar-refractivity contribution is 5.95. The predicted octanol–water partition coefficient (Wildman–Crippen LogP) is 2.39. The highest BCUT2D eigenvalue weighted by Crippen LogP contribution is 2.33. The van der Waals surface area contributed by atoms with Crippen molar-refractivity contribution in [1.29, 1.82) is 0 Å². The molecule has 0 bridgehead atoms. The Kier molecular flexibility index (Phi) is 6.29. The largest absolute Gasteiger partial charge is 0.419 e.